The van der Waals surface area contributed by atoms with Crippen molar-refractivity contribution < 1.29 is 28.2 Å². The van der Waals surface area contributed by atoms with Crippen molar-refractivity contribution in [3.05, 3.63) is 100 Å². The Morgan fingerprint density at radius 2 is 1.85 bits per heavy atom. The summed E-state index contributed by atoms with van der Waals surface area (Å²) in [6, 6.07) is 15.1. The summed E-state index contributed by atoms with van der Waals surface area (Å²) in [7, 11) is 3.07. The van der Waals surface area contributed by atoms with Gasteiger partial charge in [-0.15, -0.1) is 0 Å². The monoisotopic (exact) mass is 555 g/mol. The molecular formula is C30H23F2N5O4. The van der Waals surface area contributed by atoms with Gasteiger partial charge in [0.15, 0.2) is 0 Å². The van der Waals surface area contributed by atoms with Gasteiger partial charge < -0.3 is 19.1 Å². The zero-order valence-corrected chi connectivity index (χ0v) is 22.3. The molecule has 11 heteroatoms. The molecule has 3 aromatic heterocycles. The molecule has 0 radical (unpaired) electrons. The van der Waals surface area contributed by atoms with Crippen LogP contribution in [0.5, 0.6) is 11.6 Å². The third-order valence-electron chi connectivity index (χ3n) is 6.68. The molecule has 0 aliphatic carbocycles. The quantitative estimate of drug-likeness (QED) is 0.271. The number of carbonyl (C=O) groups is 1. The van der Waals surface area contributed by atoms with Gasteiger partial charge in [-0.1, -0.05) is 12.1 Å². The Balaban J connectivity index is 1.40. The maximum absolute atomic E-state index is 15.3. The highest BCUT2D eigenvalue weighted by molar-refractivity contribution is 5.95. The predicted molar refractivity (Wildman–Crippen MR) is 145 cm³/mol. The molecule has 41 heavy (non-hydrogen) atoms. The summed E-state index contributed by atoms with van der Waals surface area (Å²) in [5, 5.41) is 18.4. The van der Waals surface area contributed by atoms with E-state index in [1.54, 1.807) is 48.9 Å². The third kappa shape index (κ3) is 5.40. The fraction of sp³-hybridized carbons (Fsp3) is 0.167. The van der Waals surface area contributed by atoms with Crippen molar-refractivity contribution in [2.24, 2.45) is 7.05 Å². The van der Waals surface area contributed by atoms with Crippen LogP contribution in [0.1, 0.15) is 38.7 Å². The predicted octanol–water partition coefficient (Wildman–Crippen LogP) is 5.37. The van der Waals surface area contributed by atoms with Gasteiger partial charge in [-0.25, -0.2) is 28.5 Å². The number of aromatic carboxylic acids is 1. The summed E-state index contributed by atoms with van der Waals surface area (Å²) in [5.41, 5.74) is 2.85. The molecule has 0 unspecified atom stereocenters. The highest BCUT2D eigenvalue weighted by Crippen LogP contribution is 2.30. The second kappa shape index (κ2) is 11.0. The molecule has 0 aliphatic rings. The number of carboxylic acids is 1. The number of fused-ring (bicyclic) bond motifs is 1. The number of pyridine rings is 2. The maximum atomic E-state index is 15.3. The Bertz CT molecular complexity index is 1860. The Hall–Kier alpha value is -5.37. The van der Waals surface area contributed by atoms with Gasteiger partial charge in [0.05, 0.1) is 23.9 Å². The SMILES string of the molecule is COc1cc(C(=O)O)cc2c1nc(Cc1cc(F)c(-c3cccc(OCc4ccc(C#N)nc4C)n3)cc1F)n2C. The van der Waals surface area contributed by atoms with Crippen LogP contribution < -0.4 is 9.47 Å². The van der Waals surface area contributed by atoms with Gasteiger partial charge in [0.25, 0.3) is 0 Å². The van der Waals surface area contributed by atoms with Crippen LogP contribution in [0.25, 0.3) is 22.3 Å². The first-order valence-corrected chi connectivity index (χ1v) is 12.4. The van der Waals surface area contributed by atoms with Crippen molar-refractivity contribution in [3.63, 3.8) is 0 Å². The molecule has 2 aromatic carbocycles. The van der Waals surface area contributed by atoms with Gasteiger partial charge in [-0.2, -0.15) is 5.26 Å². The number of benzene rings is 2. The number of nitrogens with zero attached hydrogens (tertiary/aromatic N) is 5. The minimum absolute atomic E-state index is 0.0212. The van der Waals surface area contributed by atoms with E-state index < -0.39 is 17.6 Å². The molecule has 0 fully saturated rings. The van der Waals surface area contributed by atoms with E-state index in [2.05, 4.69) is 15.0 Å². The lowest BCUT2D eigenvalue weighted by molar-refractivity contribution is 0.0696. The maximum Gasteiger partial charge on any atom is 0.335 e. The van der Waals surface area contributed by atoms with E-state index in [0.29, 0.717) is 28.2 Å². The first-order chi connectivity index (χ1) is 19.7. The van der Waals surface area contributed by atoms with E-state index in [0.717, 1.165) is 17.7 Å². The molecule has 5 rings (SSSR count). The van der Waals surface area contributed by atoms with Crippen LogP contribution in [-0.4, -0.2) is 37.7 Å². The van der Waals surface area contributed by atoms with Crippen LogP contribution in [0.3, 0.4) is 0 Å². The van der Waals surface area contributed by atoms with Crippen molar-refractivity contribution in [3.8, 4) is 29.0 Å². The summed E-state index contributed by atoms with van der Waals surface area (Å²) in [6.07, 6.45) is -0.0473. The van der Waals surface area contributed by atoms with E-state index >= 15 is 8.78 Å². The smallest absolute Gasteiger partial charge is 0.335 e. The number of hydrogen-bond acceptors (Lipinski definition) is 7. The zero-order chi connectivity index (χ0) is 29.3. The molecule has 0 aliphatic heterocycles. The molecule has 5 aromatic rings. The zero-order valence-electron chi connectivity index (χ0n) is 22.3. The van der Waals surface area contributed by atoms with Crippen molar-refractivity contribution >= 4 is 17.0 Å². The molecule has 3 heterocycles. The van der Waals surface area contributed by atoms with Crippen molar-refractivity contribution in [1.29, 1.82) is 5.26 Å². The van der Waals surface area contributed by atoms with Crippen molar-refractivity contribution in [1.82, 2.24) is 19.5 Å². The molecule has 0 spiro atoms. The number of ether oxygens (including phenoxy) is 2. The van der Waals surface area contributed by atoms with Gasteiger partial charge in [-0.3, -0.25) is 0 Å². The molecule has 0 saturated heterocycles. The lowest BCUT2D eigenvalue weighted by Crippen LogP contribution is -2.04. The Morgan fingerprint density at radius 1 is 1.05 bits per heavy atom. The van der Waals surface area contributed by atoms with Crippen LogP contribution in [0.2, 0.25) is 0 Å². The number of aryl methyl sites for hydroxylation is 2. The first-order valence-electron chi connectivity index (χ1n) is 12.4. The van der Waals surface area contributed by atoms with E-state index in [-0.39, 0.29) is 47.0 Å². The van der Waals surface area contributed by atoms with E-state index in [9.17, 15) is 9.90 Å². The Kier molecular flexibility index (Phi) is 7.31. The number of carboxylic acid groups (broad SMARTS) is 1. The molecule has 0 saturated carbocycles. The van der Waals surface area contributed by atoms with Crippen molar-refractivity contribution in [2.45, 2.75) is 20.0 Å². The fourth-order valence-electron chi connectivity index (χ4n) is 4.43. The fourth-order valence-corrected chi connectivity index (χ4v) is 4.43. The molecule has 0 atom stereocenters. The molecule has 1 N–H and O–H groups in total. The second-order valence-corrected chi connectivity index (χ2v) is 9.24. The molecule has 0 amide bonds. The van der Waals surface area contributed by atoms with Gasteiger partial charge in [0, 0.05) is 36.4 Å². The van der Waals surface area contributed by atoms with Crippen LogP contribution in [-0.2, 0) is 20.1 Å². The van der Waals surface area contributed by atoms with E-state index in [1.807, 2.05) is 6.07 Å². The van der Waals surface area contributed by atoms with Crippen LogP contribution in [0.15, 0.2) is 54.6 Å². The van der Waals surface area contributed by atoms with Crippen LogP contribution in [0.4, 0.5) is 8.78 Å². The average Bonchev–Trinajstić information content (AvgIpc) is 3.28. The molecule has 0 bridgehead atoms. The minimum Gasteiger partial charge on any atom is -0.494 e. The molecular weight excluding hydrogens is 532 g/mol. The average molecular weight is 556 g/mol. The molecule has 9 nitrogen and oxygen atoms in total. The summed E-state index contributed by atoms with van der Waals surface area (Å²) in [6.45, 7) is 1.90. The van der Waals surface area contributed by atoms with Crippen molar-refractivity contribution in [2.75, 3.05) is 7.11 Å². The largest absolute Gasteiger partial charge is 0.494 e. The lowest BCUT2D eigenvalue weighted by atomic mass is 10.0. The number of nitriles is 1. The topological polar surface area (TPSA) is 123 Å². The number of hydrogen-bond donors (Lipinski definition) is 1. The molecule has 206 valence electrons. The standard InChI is InChI=1S/C30H23F2N5O4/c1-16-17(7-8-20(14-33)34-16)15-41-28-6-4-5-24(35-28)21-13-22(31)18(9-23(21)32)12-27-36-29-25(37(27)2)10-19(30(38)39)11-26(29)40-3/h4-11,13H,12,15H2,1-3H3,(H,38,39). The minimum atomic E-state index is -1.12. The summed E-state index contributed by atoms with van der Waals surface area (Å²) in [5.74, 6) is -1.58. The number of imidazole rings is 1. The number of aromatic nitrogens is 4. The lowest BCUT2D eigenvalue weighted by Gasteiger charge is -2.11. The number of halogens is 2. The second-order valence-electron chi connectivity index (χ2n) is 9.24. The normalized spacial score (nSPS) is 10.9. The summed E-state index contributed by atoms with van der Waals surface area (Å²) in [4.78, 5) is 24.5. The number of methoxy groups -OCH3 is 1. The van der Waals surface area contributed by atoms with E-state index in [1.165, 1.54) is 19.2 Å². The van der Waals surface area contributed by atoms with Crippen LogP contribution in [0, 0.1) is 29.9 Å². The van der Waals surface area contributed by atoms with Gasteiger partial charge in [0.2, 0.25) is 5.88 Å². The van der Waals surface area contributed by atoms with Gasteiger partial charge in [-0.05, 0) is 48.9 Å². The van der Waals surface area contributed by atoms with Crippen LogP contribution >= 0.6 is 0 Å². The summed E-state index contributed by atoms with van der Waals surface area (Å²) < 4.78 is 43.3. The Morgan fingerprint density at radius 3 is 2.56 bits per heavy atom. The highest BCUT2D eigenvalue weighted by atomic mass is 19.1. The van der Waals surface area contributed by atoms with Gasteiger partial charge >= 0.3 is 5.97 Å². The third-order valence-corrected chi connectivity index (χ3v) is 6.68. The summed E-state index contributed by atoms with van der Waals surface area (Å²) >= 11 is 0. The number of rotatable bonds is 8. The van der Waals surface area contributed by atoms with E-state index in [4.69, 9.17) is 14.7 Å². The first kappa shape index (κ1) is 27.2. The Labute approximate surface area is 233 Å². The van der Waals surface area contributed by atoms with Gasteiger partial charge in [0.1, 0.15) is 47.1 Å². The highest BCUT2D eigenvalue weighted by Gasteiger charge is 2.19.